The van der Waals surface area contributed by atoms with E-state index in [0.717, 1.165) is 29.5 Å². The van der Waals surface area contributed by atoms with Crippen LogP contribution in [0.25, 0.3) is 10.2 Å². The van der Waals surface area contributed by atoms with Gasteiger partial charge in [-0.2, -0.15) is 0 Å². The lowest BCUT2D eigenvalue weighted by molar-refractivity contribution is -0.121. The minimum absolute atomic E-state index is 0.00493. The Bertz CT molecular complexity index is 861. The Kier molecular flexibility index (Phi) is 4.51. The van der Waals surface area contributed by atoms with Crippen molar-refractivity contribution in [3.8, 4) is 0 Å². The number of aryl methyl sites for hydroxylation is 2. The zero-order valence-corrected chi connectivity index (χ0v) is 16.4. The average molecular weight is 366 g/mol. The monoisotopic (exact) mass is 365 g/mol. The van der Waals surface area contributed by atoms with Crippen LogP contribution in [-0.4, -0.2) is 26.2 Å². The summed E-state index contributed by atoms with van der Waals surface area (Å²) in [6.45, 7) is 7.71. The fraction of sp³-hybridized carbons (Fsp3) is 0.588. The largest absolute Gasteiger partial charge is 0.351 e. The Labute approximate surface area is 149 Å². The maximum atomic E-state index is 12.8. The molecule has 130 valence electrons. The predicted molar refractivity (Wildman–Crippen MR) is 100 cm³/mol. The first kappa shape index (κ1) is 17.5. The maximum absolute atomic E-state index is 12.8. The van der Waals surface area contributed by atoms with Crippen LogP contribution in [0.3, 0.4) is 0 Å². The molecule has 2 aromatic rings. The number of thiophene rings is 1. The van der Waals surface area contributed by atoms with Crippen molar-refractivity contribution in [3.05, 3.63) is 20.8 Å². The summed E-state index contributed by atoms with van der Waals surface area (Å²) in [5.41, 5.74) is 0.924. The SMILES string of the molecule is C[C@@H](Sc1nc2sc3c(c2c(=O)n1C)CCC3)C(=O)NC(C)(C)C. The van der Waals surface area contributed by atoms with Crippen molar-refractivity contribution in [2.45, 2.75) is 62.9 Å². The molecular formula is C17H23N3O2S2. The van der Waals surface area contributed by atoms with Crippen LogP contribution in [-0.2, 0) is 24.7 Å². The molecule has 1 atom stereocenters. The van der Waals surface area contributed by atoms with Gasteiger partial charge in [0, 0.05) is 17.5 Å². The molecule has 0 bridgehead atoms. The van der Waals surface area contributed by atoms with Crippen LogP contribution >= 0.6 is 23.1 Å². The lowest BCUT2D eigenvalue weighted by Gasteiger charge is -2.23. The minimum Gasteiger partial charge on any atom is -0.351 e. The molecule has 3 rings (SSSR count). The van der Waals surface area contributed by atoms with Crippen LogP contribution in [0.5, 0.6) is 0 Å². The molecule has 7 heteroatoms. The molecule has 1 aliphatic rings. The Morgan fingerprint density at radius 3 is 2.75 bits per heavy atom. The van der Waals surface area contributed by atoms with Crippen molar-refractivity contribution in [2.24, 2.45) is 7.05 Å². The van der Waals surface area contributed by atoms with Gasteiger partial charge in [-0.05, 0) is 52.5 Å². The second-order valence-electron chi connectivity index (χ2n) is 7.30. The number of fused-ring (bicyclic) bond motifs is 3. The van der Waals surface area contributed by atoms with Gasteiger partial charge in [0.1, 0.15) is 4.83 Å². The number of nitrogens with zero attached hydrogens (tertiary/aromatic N) is 2. The molecule has 1 aliphatic carbocycles. The second kappa shape index (κ2) is 6.19. The zero-order chi connectivity index (χ0) is 17.6. The molecule has 2 heterocycles. The summed E-state index contributed by atoms with van der Waals surface area (Å²) in [5.74, 6) is -0.0458. The van der Waals surface area contributed by atoms with Crippen molar-refractivity contribution < 1.29 is 4.79 Å². The highest BCUT2D eigenvalue weighted by atomic mass is 32.2. The molecule has 0 saturated heterocycles. The molecule has 0 unspecified atom stereocenters. The molecular weight excluding hydrogens is 342 g/mol. The molecule has 0 fully saturated rings. The lowest BCUT2D eigenvalue weighted by atomic mass is 10.1. The maximum Gasteiger partial charge on any atom is 0.262 e. The standard InChI is InChI=1S/C17H23N3O2S2/c1-9(13(21)19-17(2,3)4)23-16-18-14-12(15(22)20(16)5)10-7-6-8-11(10)24-14/h9H,6-8H2,1-5H3,(H,19,21)/t9-/m1/s1. The van der Waals surface area contributed by atoms with E-state index in [9.17, 15) is 9.59 Å². The number of thioether (sulfide) groups is 1. The van der Waals surface area contributed by atoms with Crippen LogP contribution in [0, 0.1) is 0 Å². The lowest BCUT2D eigenvalue weighted by Crippen LogP contribution is -2.44. The van der Waals surface area contributed by atoms with E-state index >= 15 is 0 Å². The summed E-state index contributed by atoms with van der Waals surface area (Å²) in [7, 11) is 1.74. The first-order valence-corrected chi connectivity index (χ1v) is 9.87. The number of rotatable bonds is 3. The number of amides is 1. The highest BCUT2D eigenvalue weighted by Crippen LogP contribution is 2.35. The Hall–Kier alpha value is -1.34. The van der Waals surface area contributed by atoms with Gasteiger partial charge in [0.05, 0.1) is 10.6 Å². The van der Waals surface area contributed by atoms with Crippen molar-refractivity contribution >= 4 is 39.2 Å². The van der Waals surface area contributed by atoms with Gasteiger partial charge in [0.15, 0.2) is 5.16 Å². The van der Waals surface area contributed by atoms with Crippen LogP contribution in [0.15, 0.2) is 9.95 Å². The van der Waals surface area contributed by atoms with E-state index in [1.165, 1.54) is 22.2 Å². The van der Waals surface area contributed by atoms with Crippen LogP contribution < -0.4 is 10.9 Å². The fourth-order valence-electron chi connectivity index (χ4n) is 2.89. The van der Waals surface area contributed by atoms with Gasteiger partial charge in [-0.3, -0.25) is 14.2 Å². The summed E-state index contributed by atoms with van der Waals surface area (Å²) < 4.78 is 1.58. The predicted octanol–water partition coefficient (Wildman–Crippen LogP) is 2.88. The number of aromatic nitrogens is 2. The van der Waals surface area contributed by atoms with Gasteiger partial charge >= 0.3 is 0 Å². The normalized spacial score (nSPS) is 15.5. The molecule has 0 aliphatic heterocycles. The molecule has 0 spiro atoms. The summed E-state index contributed by atoms with van der Waals surface area (Å²) in [4.78, 5) is 31.9. The van der Waals surface area contributed by atoms with Crippen LogP contribution in [0.2, 0.25) is 0 Å². The summed E-state index contributed by atoms with van der Waals surface area (Å²) in [6, 6.07) is 0. The summed E-state index contributed by atoms with van der Waals surface area (Å²) in [6.07, 6.45) is 3.15. The third-order valence-corrected chi connectivity index (χ3v) is 6.38. The van der Waals surface area contributed by atoms with Crippen molar-refractivity contribution in [3.63, 3.8) is 0 Å². The number of carbonyl (C=O) groups is 1. The average Bonchev–Trinajstić information content (AvgIpc) is 3.02. The van der Waals surface area contributed by atoms with Gasteiger partial charge in [0.25, 0.3) is 5.56 Å². The zero-order valence-electron chi connectivity index (χ0n) is 14.7. The smallest absolute Gasteiger partial charge is 0.262 e. The van der Waals surface area contributed by atoms with E-state index in [1.54, 1.807) is 23.0 Å². The van der Waals surface area contributed by atoms with Crippen molar-refractivity contribution in [1.82, 2.24) is 14.9 Å². The van der Waals surface area contributed by atoms with E-state index in [4.69, 9.17) is 0 Å². The van der Waals surface area contributed by atoms with E-state index in [-0.39, 0.29) is 22.3 Å². The second-order valence-corrected chi connectivity index (χ2v) is 9.69. The van der Waals surface area contributed by atoms with Crippen LogP contribution in [0.4, 0.5) is 0 Å². The van der Waals surface area contributed by atoms with E-state index in [2.05, 4.69) is 10.3 Å². The number of hydrogen-bond acceptors (Lipinski definition) is 5. The third-order valence-electron chi connectivity index (χ3n) is 4.05. The minimum atomic E-state index is -0.313. The first-order valence-electron chi connectivity index (χ1n) is 8.17. The molecule has 0 aromatic carbocycles. The van der Waals surface area contributed by atoms with Gasteiger partial charge in [-0.1, -0.05) is 11.8 Å². The Balaban J connectivity index is 1.92. The van der Waals surface area contributed by atoms with E-state index in [1.807, 2.05) is 27.7 Å². The third kappa shape index (κ3) is 3.24. The van der Waals surface area contributed by atoms with Gasteiger partial charge in [-0.25, -0.2) is 4.98 Å². The fourth-order valence-corrected chi connectivity index (χ4v) is 5.07. The summed E-state index contributed by atoms with van der Waals surface area (Å²) >= 11 is 2.97. The molecule has 0 saturated carbocycles. The summed E-state index contributed by atoms with van der Waals surface area (Å²) in [5, 5.41) is 4.04. The van der Waals surface area contributed by atoms with Gasteiger partial charge < -0.3 is 5.32 Å². The van der Waals surface area contributed by atoms with Crippen molar-refractivity contribution in [2.75, 3.05) is 0 Å². The topological polar surface area (TPSA) is 64.0 Å². The number of carbonyl (C=O) groups excluding carboxylic acids is 1. The van der Waals surface area contributed by atoms with Crippen LogP contribution in [0.1, 0.15) is 44.6 Å². The number of nitrogens with one attached hydrogen (secondary N) is 1. The molecule has 24 heavy (non-hydrogen) atoms. The number of hydrogen-bond donors (Lipinski definition) is 1. The highest BCUT2D eigenvalue weighted by molar-refractivity contribution is 8.00. The first-order chi connectivity index (χ1) is 11.2. The van der Waals surface area contributed by atoms with Gasteiger partial charge in [0.2, 0.25) is 5.91 Å². The molecule has 0 radical (unpaired) electrons. The highest BCUT2D eigenvalue weighted by Gasteiger charge is 2.25. The Morgan fingerprint density at radius 2 is 2.08 bits per heavy atom. The quantitative estimate of drug-likeness (QED) is 0.671. The molecule has 5 nitrogen and oxygen atoms in total. The molecule has 2 aromatic heterocycles. The van der Waals surface area contributed by atoms with E-state index in [0.29, 0.717) is 5.16 Å². The van der Waals surface area contributed by atoms with Crippen molar-refractivity contribution in [1.29, 1.82) is 0 Å². The van der Waals surface area contributed by atoms with Gasteiger partial charge in [-0.15, -0.1) is 11.3 Å². The van der Waals surface area contributed by atoms with E-state index < -0.39 is 0 Å². The molecule has 1 N–H and O–H groups in total. The Morgan fingerprint density at radius 1 is 1.38 bits per heavy atom. The molecule has 1 amide bonds.